The second-order valence-electron chi connectivity index (χ2n) is 7.21. The van der Waals surface area contributed by atoms with Gasteiger partial charge in [-0.3, -0.25) is 0 Å². The first-order chi connectivity index (χ1) is 15.4. The zero-order chi connectivity index (χ0) is 22.4. The van der Waals surface area contributed by atoms with E-state index in [0.29, 0.717) is 40.0 Å². The van der Waals surface area contributed by atoms with Gasteiger partial charge in [-0.05, 0) is 36.4 Å². The Morgan fingerprint density at radius 3 is 2.44 bits per heavy atom. The first-order valence-electron chi connectivity index (χ1n) is 9.67. The third kappa shape index (κ3) is 3.37. The molecule has 0 bridgehead atoms. The molecule has 0 fully saturated rings. The number of nitrogens with one attached hydrogen (secondary N) is 1. The third-order valence-electron chi connectivity index (χ3n) is 5.09. The van der Waals surface area contributed by atoms with Crippen molar-refractivity contribution in [3.8, 4) is 22.7 Å². The Morgan fingerprint density at radius 1 is 0.938 bits per heavy atom. The molecule has 6 nitrogen and oxygen atoms in total. The van der Waals surface area contributed by atoms with Crippen LogP contribution in [-0.4, -0.2) is 19.5 Å². The van der Waals surface area contributed by atoms with Crippen molar-refractivity contribution in [1.29, 1.82) is 0 Å². The van der Waals surface area contributed by atoms with E-state index in [1.807, 2.05) is 0 Å². The van der Waals surface area contributed by atoms with E-state index in [1.165, 1.54) is 24.4 Å². The molecule has 9 heteroatoms. The van der Waals surface area contributed by atoms with Crippen molar-refractivity contribution in [2.75, 3.05) is 5.32 Å². The van der Waals surface area contributed by atoms with Gasteiger partial charge in [0.2, 0.25) is 0 Å². The highest BCUT2D eigenvalue weighted by Gasteiger charge is 2.18. The van der Waals surface area contributed by atoms with Crippen LogP contribution in [0.4, 0.5) is 24.7 Å². The fourth-order valence-electron chi connectivity index (χ4n) is 3.54. The van der Waals surface area contributed by atoms with E-state index in [0.717, 1.165) is 6.07 Å². The lowest BCUT2D eigenvalue weighted by molar-refractivity contribution is 0.528. The fraction of sp³-hybridized carbons (Fsp3) is 0.0870. The fourth-order valence-corrected chi connectivity index (χ4v) is 3.54. The Hall–Kier alpha value is -4.14. The average molecular weight is 435 g/mol. The molecule has 0 saturated carbocycles. The number of nitrogens with zero attached hydrogens (tertiary/aromatic N) is 4. The Labute approximate surface area is 180 Å². The van der Waals surface area contributed by atoms with Crippen LogP contribution in [0.15, 0.2) is 59.3 Å². The summed E-state index contributed by atoms with van der Waals surface area (Å²) in [5, 5.41) is 3.06. The van der Waals surface area contributed by atoms with E-state index >= 15 is 0 Å². The van der Waals surface area contributed by atoms with Gasteiger partial charge < -0.3 is 14.3 Å². The molecule has 0 saturated heterocycles. The number of aryl methyl sites for hydroxylation is 2. The van der Waals surface area contributed by atoms with Gasteiger partial charge in [-0.15, -0.1) is 0 Å². The van der Waals surface area contributed by atoms with Gasteiger partial charge in [0.1, 0.15) is 28.8 Å². The summed E-state index contributed by atoms with van der Waals surface area (Å²) in [5.74, 6) is -0.409. The molecule has 5 aromatic rings. The Morgan fingerprint density at radius 2 is 1.72 bits per heavy atom. The molecule has 2 aromatic carbocycles. The molecule has 0 unspecified atom stereocenters. The van der Waals surface area contributed by atoms with Gasteiger partial charge in [0.05, 0.1) is 22.8 Å². The second kappa shape index (κ2) is 7.52. The molecular formula is C23H16F3N5O. The SMILES string of the molecule is Cc1ncc(-c2ccc(Nc3nccc4c3nc(-c3ccc(F)cc3F)n4C)cc2F)o1. The van der Waals surface area contributed by atoms with E-state index in [-0.39, 0.29) is 11.1 Å². The average Bonchev–Trinajstić information content (AvgIpc) is 3.33. The molecule has 5 rings (SSSR count). The number of anilines is 2. The monoisotopic (exact) mass is 435 g/mol. The minimum absolute atomic E-state index is 0.161. The number of halogens is 3. The van der Waals surface area contributed by atoms with Gasteiger partial charge in [-0.1, -0.05) is 0 Å². The number of benzene rings is 2. The molecule has 32 heavy (non-hydrogen) atoms. The zero-order valence-corrected chi connectivity index (χ0v) is 17.0. The van der Waals surface area contributed by atoms with Crippen molar-refractivity contribution >= 4 is 22.5 Å². The van der Waals surface area contributed by atoms with E-state index < -0.39 is 17.5 Å². The van der Waals surface area contributed by atoms with Crippen LogP contribution in [0.2, 0.25) is 0 Å². The number of rotatable bonds is 4. The summed E-state index contributed by atoms with van der Waals surface area (Å²) in [4.78, 5) is 12.8. The molecule has 0 aliphatic heterocycles. The van der Waals surface area contributed by atoms with Crippen molar-refractivity contribution in [1.82, 2.24) is 19.5 Å². The third-order valence-corrected chi connectivity index (χ3v) is 5.09. The Kier molecular flexibility index (Phi) is 4.66. The predicted octanol–water partition coefficient (Wildman–Crippen LogP) is 5.76. The number of hydrogen-bond donors (Lipinski definition) is 1. The van der Waals surface area contributed by atoms with Gasteiger partial charge >= 0.3 is 0 Å². The van der Waals surface area contributed by atoms with Gasteiger partial charge in [0.25, 0.3) is 0 Å². The van der Waals surface area contributed by atoms with Crippen LogP contribution in [-0.2, 0) is 7.05 Å². The van der Waals surface area contributed by atoms with E-state index in [2.05, 4.69) is 20.3 Å². The number of fused-ring (bicyclic) bond motifs is 1. The maximum Gasteiger partial charge on any atom is 0.191 e. The summed E-state index contributed by atoms with van der Waals surface area (Å²) in [6.07, 6.45) is 3.03. The zero-order valence-electron chi connectivity index (χ0n) is 17.0. The topological polar surface area (TPSA) is 68.8 Å². The Balaban J connectivity index is 1.53. The maximum atomic E-state index is 14.7. The van der Waals surface area contributed by atoms with Crippen LogP contribution in [0, 0.1) is 24.4 Å². The predicted molar refractivity (Wildman–Crippen MR) is 114 cm³/mol. The summed E-state index contributed by atoms with van der Waals surface area (Å²) in [7, 11) is 1.73. The summed E-state index contributed by atoms with van der Waals surface area (Å²) < 4.78 is 49.4. The highest BCUT2D eigenvalue weighted by Crippen LogP contribution is 2.31. The lowest BCUT2D eigenvalue weighted by Crippen LogP contribution is -1.96. The molecule has 1 N–H and O–H groups in total. The molecule has 160 valence electrons. The summed E-state index contributed by atoms with van der Waals surface area (Å²) in [6.45, 7) is 1.68. The van der Waals surface area contributed by atoms with Crippen LogP contribution in [0.25, 0.3) is 33.7 Å². The lowest BCUT2D eigenvalue weighted by atomic mass is 10.1. The first-order valence-corrected chi connectivity index (χ1v) is 9.67. The molecule has 0 radical (unpaired) electrons. The van der Waals surface area contributed by atoms with Gasteiger partial charge in [0, 0.05) is 31.9 Å². The van der Waals surface area contributed by atoms with E-state index in [9.17, 15) is 13.2 Å². The number of pyridine rings is 1. The number of oxazole rings is 1. The smallest absolute Gasteiger partial charge is 0.191 e. The molecule has 3 heterocycles. The summed E-state index contributed by atoms with van der Waals surface area (Å²) in [5.41, 5.74) is 2.03. The van der Waals surface area contributed by atoms with Crippen LogP contribution in [0.1, 0.15) is 5.89 Å². The van der Waals surface area contributed by atoms with E-state index in [1.54, 1.807) is 42.9 Å². The Bertz CT molecular complexity index is 1470. The quantitative estimate of drug-likeness (QED) is 0.389. The molecule has 0 aliphatic rings. The van der Waals surface area contributed by atoms with Crippen molar-refractivity contribution in [3.05, 3.63) is 78.2 Å². The number of aromatic nitrogens is 4. The maximum absolute atomic E-state index is 14.7. The van der Waals surface area contributed by atoms with Crippen LogP contribution >= 0.6 is 0 Å². The molecule has 0 spiro atoms. The number of imidazole rings is 1. The number of hydrogen-bond acceptors (Lipinski definition) is 5. The molecular weight excluding hydrogens is 419 g/mol. The van der Waals surface area contributed by atoms with Crippen LogP contribution in [0.5, 0.6) is 0 Å². The van der Waals surface area contributed by atoms with Crippen molar-refractivity contribution in [3.63, 3.8) is 0 Å². The van der Waals surface area contributed by atoms with Crippen LogP contribution in [0.3, 0.4) is 0 Å². The van der Waals surface area contributed by atoms with Crippen LogP contribution < -0.4 is 5.32 Å². The largest absolute Gasteiger partial charge is 0.441 e. The first kappa shape index (κ1) is 19.8. The highest BCUT2D eigenvalue weighted by atomic mass is 19.1. The van der Waals surface area contributed by atoms with Gasteiger partial charge in [-0.2, -0.15) is 0 Å². The lowest BCUT2D eigenvalue weighted by Gasteiger charge is -2.08. The standard InChI is InChI=1S/C23H16F3N5O/c1-12-28-11-20(32-12)15-6-4-14(10-18(15)26)29-22-21-19(7-8-27-22)31(2)23(30-21)16-5-3-13(24)9-17(16)25/h3-11H,1-2H3,(H,27,29). The van der Waals surface area contributed by atoms with Gasteiger partial charge in [0.15, 0.2) is 17.5 Å². The minimum atomic E-state index is -0.716. The van der Waals surface area contributed by atoms with Gasteiger partial charge in [-0.25, -0.2) is 28.1 Å². The minimum Gasteiger partial charge on any atom is -0.441 e. The molecule has 3 aromatic heterocycles. The van der Waals surface area contributed by atoms with Crippen molar-refractivity contribution in [2.45, 2.75) is 6.92 Å². The molecule has 0 atom stereocenters. The molecule has 0 amide bonds. The normalized spacial score (nSPS) is 11.3. The second-order valence-corrected chi connectivity index (χ2v) is 7.21. The summed E-state index contributed by atoms with van der Waals surface area (Å²) >= 11 is 0. The van der Waals surface area contributed by atoms with E-state index in [4.69, 9.17) is 4.42 Å². The highest BCUT2D eigenvalue weighted by molar-refractivity contribution is 5.90. The van der Waals surface area contributed by atoms with Crippen molar-refractivity contribution < 1.29 is 17.6 Å². The summed E-state index contributed by atoms with van der Waals surface area (Å²) in [6, 6.07) is 9.63. The molecule has 0 aliphatic carbocycles. The van der Waals surface area contributed by atoms with Crippen molar-refractivity contribution in [2.24, 2.45) is 7.05 Å².